The minimum absolute atomic E-state index is 0.0288. The molecule has 0 bridgehead atoms. The van der Waals surface area contributed by atoms with Gasteiger partial charge in [0.25, 0.3) is 5.56 Å². The van der Waals surface area contributed by atoms with Gasteiger partial charge in [0, 0.05) is 13.6 Å². The fourth-order valence-corrected chi connectivity index (χ4v) is 4.15. The number of aliphatic hydroxyl groups is 1. The van der Waals surface area contributed by atoms with Crippen LogP contribution in [0.25, 0.3) is 11.2 Å². The molecule has 1 aliphatic rings. The number of rotatable bonds is 6. The maximum Gasteiger partial charge on any atom is 0.280 e. The lowest BCUT2D eigenvalue weighted by molar-refractivity contribution is 0.209. The molecular formula is C21H27N5O2. The molecule has 2 heterocycles. The number of aliphatic hydroxyl groups excluding tert-OH is 1. The third-order valence-corrected chi connectivity index (χ3v) is 5.78. The van der Waals surface area contributed by atoms with E-state index in [2.05, 4.69) is 15.3 Å². The van der Waals surface area contributed by atoms with Crippen LogP contribution in [0.15, 0.2) is 41.5 Å². The topological polar surface area (TPSA) is 85.0 Å². The molecule has 0 amide bonds. The highest BCUT2D eigenvalue weighted by molar-refractivity contribution is 5.71. The van der Waals surface area contributed by atoms with Crippen molar-refractivity contribution in [3.8, 4) is 0 Å². The number of imidazole rings is 1. The van der Waals surface area contributed by atoms with Gasteiger partial charge in [0.1, 0.15) is 0 Å². The molecule has 0 spiro atoms. The molecule has 0 unspecified atom stereocenters. The van der Waals surface area contributed by atoms with E-state index in [0.717, 1.165) is 18.4 Å². The average molecular weight is 381 g/mol. The van der Waals surface area contributed by atoms with Gasteiger partial charge in [-0.2, -0.15) is 4.98 Å². The standard InChI is InChI=1S/C21H27N5O2/c1-25-20(28)18-19(22-14-26(18)12-15-8-4-2-5-9-15)24-21(25)23-17(13-27)16-10-6-3-7-11-16/h2,4-5,8-9,14,16-17,27H,3,6-7,10-13H2,1H3,(H,23,24)/t17-/m0/s1. The first-order valence-corrected chi connectivity index (χ1v) is 10.0. The fraction of sp³-hybridized carbons (Fsp3) is 0.476. The van der Waals surface area contributed by atoms with E-state index >= 15 is 0 Å². The van der Waals surface area contributed by atoms with E-state index in [1.165, 1.54) is 23.8 Å². The zero-order chi connectivity index (χ0) is 19.5. The van der Waals surface area contributed by atoms with Gasteiger partial charge in [0.15, 0.2) is 11.2 Å². The van der Waals surface area contributed by atoms with E-state index in [9.17, 15) is 9.90 Å². The van der Waals surface area contributed by atoms with Crippen LogP contribution >= 0.6 is 0 Å². The van der Waals surface area contributed by atoms with Crippen LogP contribution in [0.3, 0.4) is 0 Å². The van der Waals surface area contributed by atoms with Crippen molar-refractivity contribution in [1.82, 2.24) is 19.1 Å². The zero-order valence-electron chi connectivity index (χ0n) is 16.2. The van der Waals surface area contributed by atoms with Crippen LogP contribution in [-0.4, -0.2) is 36.9 Å². The maximum atomic E-state index is 13.0. The molecule has 7 nitrogen and oxygen atoms in total. The van der Waals surface area contributed by atoms with Gasteiger partial charge in [-0.05, 0) is 24.3 Å². The van der Waals surface area contributed by atoms with Gasteiger partial charge in [0.2, 0.25) is 5.95 Å². The highest BCUT2D eigenvalue weighted by Crippen LogP contribution is 2.27. The van der Waals surface area contributed by atoms with E-state index in [-0.39, 0.29) is 18.2 Å². The van der Waals surface area contributed by atoms with E-state index < -0.39 is 0 Å². The highest BCUT2D eigenvalue weighted by atomic mass is 16.3. The molecule has 1 saturated carbocycles. The van der Waals surface area contributed by atoms with Crippen molar-refractivity contribution in [3.63, 3.8) is 0 Å². The smallest absolute Gasteiger partial charge is 0.280 e. The molecule has 0 saturated heterocycles. The molecule has 1 fully saturated rings. The number of fused-ring (bicyclic) bond motifs is 1. The number of nitrogens with zero attached hydrogens (tertiary/aromatic N) is 4. The van der Waals surface area contributed by atoms with E-state index in [4.69, 9.17) is 0 Å². The molecule has 0 radical (unpaired) electrons. The molecule has 1 atom stereocenters. The normalized spacial score (nSPS) is 16.4. The summed E-state index contributed by atoms with van der Waals surface area (Å²) >= 11 is 0. The van der Waals surface area contributed by atoms with E-state index in [1.54, 1.807) is 13.4 Å². The quantitative estimate of drug-likeness (QED) is 0.685. The van der Waals surface area contributed by atoms with Gasteiger partial charge in [-0.15, -0.1) is 0 Å². The third kappa shape index (κ3) is 3.67. The Labute approximate surface area is 164 Å². The van der Waals surface area contributed by atoms with Crippen molar-refractivity contribution < 1.29 is 5.11 Å². The number of anilines is 1. The van der Waals surface area contributed by atoms with Crippen molar-refractivity contribution in [2.75, 3.05) is 11.9 Å². The van der Waals surface area contributed by atoms with Crippen LogP contribution in [0.1, 0.15) is 37.7 Å². The Bertz CT molecular complexity index is 989. The summed E-state index contributed by atoms with van der Waals surface area (Å²) in [5.74, 6) is 0.870. The van der Waals surface area contributed by atoms with Crippen molar-refractivity contribution >= 4 is 17.1 Å². The highest BCUT2D eigenvalue weighted by Gasteiger charge is 2.25. The molecule has 1 aromatic carbocycles. The average Bonchev–Trinajstić information content (AvgIpc) is 3.13. The number of benzene rings is 1. The van der Waals surface area contributed by atoms with Gasteiger partial charge in [0.05, 0.1) is 19.0 Å². The summed E-state index contributed by atoms with van der Waals surface area (Å²) in [6.45, 7) is 0.601. The lowest BCUT2D eigenvalue weighted by Gasteiger charge is -2.30. The molecular weight excluding hydrogens is 354 g/mol. The van der Waals surface area contributed by atoms with Crippen LogP contribution in [0, 0.1) is 5.92 Å². The minimum atomic E-state index is -0.138. The Morgan fingerprint density at radius 1 is 1.21 bits per heavy atom. The second-order valence-corrected chi connectivity index (χ2v) is 7.66. The first kappa shape index (κ1) is 18.7. The summed E-state index contributed by atoms with van der Waals surface area (Å²) in [5, 5.41) is 13.2. The Balaban J connectivity index is 1.64. The second kappa shape index (κ2) is 8.14. The van der Waals surface area contributed by atoms with Gasteiger partial charge >= 0.3 is 0 Å². The van der Waals surface area contributed by atoms with Gasteiger partial charge in [-0.1, -0.05) is 49.6 Å². The first-order chi connectivity index (χ1) is 13.7. The van der Waals surface area contributed by atoms with Gasteiger partial charge in [-0.3, -0.25) is 9.36 Å². The monoisotopic (exact) mass is 381 g/mol. The summed E-state index contributed by atoms with van der Waals surface area (Å²) in [6.07, 6.45) is 7.51. The molecule has 2 N–H and O–H groups in total. The third-order valence-electron chi connectivity index (χ3n) is 5.78. The summed E-state index contributed by atoms with van der Waals surface area (Å²) < 4.78 is 3.37. The largest absolute Gasteiger partial charge is 0.394 e. The van der Waals surface area contributed by atoms with Crippen molar-refractivity contribution in [2.45, 2.75) is 44.7 Å². The fourth-order valence-electron chi connectivity index (χ4n) is 4.15. The van der Waals surface area contributed by atoms with Crippen molar-refractivity contribution in [3.05, 3.63) is 52.6 Å². The van der Waals surface area contributed by atoms with Crippen LogP contribution < -0.4 is 10.9 Å². The Kier molecular flexibility index (Phi) is 5.43. The maximum absolute atomic E-state index is 13.0. The predicted octanol–water partition coefficient (Wildman–Crippen LogP) is 2.53. The van der Waals surface area contributed by atoms with Crippen molar-refractivity contribution in [1.29, 1.82) is 0 Å². The Morgan fingerprint density at radius 3 is 2.68 bits per heavy atom. The summed E-state index contributed by atoms with van der Waals surface area (Å²) in [5.41, 5.74) is 1.89. The number of nitrogens with one attached hydrogen (secondary N) is 1. The number of aromatic nitrogens is 4. The number of hydrogen-bond acceptors (Lipinski definition) is 5. The Hall–Kier alpha value is -2.67. The lowest BCUT2D eigenvalue weighted by Crippen LogP contribution is -2.36. The minimum Gasteiger partial charge on any atom is -0.394 e. The molecule has 28 heavy (non-hydrogen) atoms. The molecule has 148 valence electrons. The molecule has 7 heteroatoms. The molecule has 2 aromatic heterocycles. The Morgan fingerprint density at radius 2 is 1.96 bits per heavy atom. The van der Waals surface area contributed by atoms with E-state index in [1.807, 2.05) is 34.9 Å². The summed E-state index contributed by atoms with van der Waals surface area (Å²) in [6, 6.07) is 9.88. The van der Waals surface area contributed by atoms with Crippen LogP contribution in [0.2, 0.25) is 0 Å². The SMILES string of the molecule is Cn1c(N[C@@H](CO)C2CCCCC2)nc2ncn(Cc3ccccc3)c2c1=O. The first-order valence-electron chi connectivity index (χ1n) is 10.0. The zero-order valence-corrected chi connectivity index (χ0v) is 16.2. The molecule has 4 rings (SSSR count). The molecule has 0 aliphatic heterocycles. The second-order valence-electron chi connectivity index (χ2n) is 7.66. The number of hydrogen-bond donors (Lipinski definition) is 2. The lowest BCUT2D eigenvalue weighted by atomic mass is 9.84. The molecule has 3 aromatic rings. The van der Waals surface area contributed by atoms with Crippen LogP contribution in [-0.2, 0) is 13.6 Å². The predicted molar refractivity (Wildman–Crippen MR) is 109 cm³/mol. The van der Waals surface area contributed by atoms with Crippen LogP contribution in [0.4, 0.5) is 5.95 Å². The summed E-state index contributed by atoms with van der Waals surface area (Å²) in [4.78, 5) is 22.0. The van der Waals surface area contributed by atoms with E-state index in [0.29, 0.717) is 29.6 Å². The van der Waals surface area contributed by atoms with Crippen molar-refractivity contribution in [2.24, 2.45) is 13.0 Å². The van der Waals surface area contributed by atoms with Crippen LogP contribution in [0.5, 0.6) is 0 Å². The van der Waals surface area contributed by atoms with Gasteiger partial charge in [-0.25, -0.2) is 4.98 Å². The van der Waals surface area contributed by atoms with Gasteiger partial charge < -0.3 is 15.0 Å². The molecule has 1 aliphatic carbocycles. The summed E-state index contributed by atoms with van der Waals surface area (Å²) in [7, 11) is 1.71.